The number of halogens is 2. The van der Waals surface area contributed by atoms with Gasteiger partial charge in [0.1, 0.15) is 6.17 Å². The normalized spacial score (nSPS) is 19.3. The van der Waals surface area contributed by atoms with Crippen LogP contribution < -0.4 is 0 Å². The highest BCUT2D eigenvalue weighted by Gasteiger charge is 2.19. The molecule has 0 saturated carbocycles. The highest BCUT2D eigenvalue weighted by atomic mass is 79.9. The van der Waals surface area contributed by atoms with Crippen molar-refractivity contribution in [1.29, 1.82) is 0 Å². The molecule has 0 bridgehead atoms. The van der Waals surface area contributed by atoms with Gasteiger partial charge in [-0.15, -0.1) is 0 Å². The minimum atomic E-state index is -0.603. The Bertz CT molecular complexity index is 324. The molecule has 0 radical (unpaired) electrons. The van der Waals surface area contributed by atoms with Crippen LogP contribution >= 0.6 is 15.9 Å². The molecule has 1 aromatic heterocycles. The van der Waals surface area contributed by atoms with Gasteiger partial charge in [0.2, 0.25) is 0 Å². The van der Waals surface area contributed by atoms with Crippen LogP contribution in [-0.2, 0) is 6.54 Å². The van der Waals surface area contributed by atoms with Crippen molar-refractivity contribution in [3.8, 4) is 0 Å². The third-order valence-electron chi connectivity index (χ3n) is 2.73. The van der Waals surface area contributed by atoms with Crippen LogP contribution in [0, 0.1) is 0 Å². The lowest BCUT2D eigenvalue weighted by molar-refractivity contribution is 0.144. The second-order valence-corrected chi connectivity index (χ2v) is 4.74. The van der Waals surface area contributed by atoms with Crippen LogP contribution in [0.25, 0.3) is 0 Å². The number of hydrogen-bond acceptors (Lipinski definition) is 2. The minimum Gasteiger partial charge on any atom is -0.297 e. The minimum absolute atomic E-state index is 0.603. The molecule has 0 N–H and O–H groups in total. The van der Waals surface area contributed by atoms with Crippen molar-refractivity contribution >= 4 is 15.9 Å². The Morgan fingerprint density at radius 2 is 2.20 bits per heavy atom. The molecule has 0 aromatic carbocycles. The first-order valence-corrected chi connectivity index (χ1v) is 6.01. The van der Waals surface area contributed by atoms with Gasteiger partial charge in [-0.3, -0.25) is 9.88 Å². The Kier molecular flexibility index (Phi) is 3.70. The summed E-state index contributed by atoms with van der Waals surface area (Å²) in [5.41, 5.74) is 1.04. The molecule has 1 saturated heterocycles. The van der Waals surface area contributed by atoms with E-state index in [2.05, 4.69) is 25.8 Å². The van der Waals surface area contributed by atoms with Crippen LogP contribution in [0.5, 0.6) is 0 Å². The molecule has 0 amide bonds. The van der Waals surface area contributed by atoms with E-state index in [0.29, 0.717) is 12.8 Å². The molecule has 0 spiro atoms. The SMILES string of the molecule is FC1CCN(Cc2ncccc2Br)CC1. The third kappa shape index (κ3) is 2.98. The van der Waals surface area contributed by atoms with Crippen LogP contribution in [0.2, 0.25) is 0 Å². The molecular formula is C11H14BrFN2. The fraction of sp³-hybridized carbons (Fsp3) is 0.545. The molecule has 82 valence electrons. The van der Waals surface area contributed by atoms with E-state index in [1.807, 2.05) is 12.1 Å². The Labute approximate surface area is 97.6 Å². The highest BCUT2D eigenvalue weighted by Crippen LogP contribution is 2.19. The van der Waals surface area contributed by atoms with Crippen molar-refractivity contribution in [1.82, 2.24) is 9.88 Å². The van der Waals surface area contributed by atoms with Gasteiger partial charge in [0.05, 0.1) is 5.69 Å². The third-order valence-corrected chi connectivity index (χ3v) is 3.45. The summed E-state index contributed by atoms with van der Waals surface area (Å²) in [5, 5.41) is 0. The van der Waals surface area contributed by atoms with Gasteiger partial charge in [0.15, 0.2) is 0 Å². The standard InChI is InChI=1S/C11H14BrFN2/c12-10-2-1-5-14-11(10)8-15-6-3-9(13)4-7-15/h1-2,5,9H,3-4,6-8H2. The molecule has 15 heavy (non-hydrogen) atoms. The van der Waals surface area contributed by atoms with E-state index in [9.17, 15) is 4.39 Å². The van der Waals surface area contributed by atoms with Gasteiger partial charge < -0.3 is 0 Å². The molecule has 0 unspecified atom stereocenters. The summed E-state index contributed by atoms with van der Waals surface area (Å²) < 4.78 is 14.0. The Hall–Kier alpha value is -0.480. The number of pyridine rings is 1. The Morgan fingerprint density at radius 3 is 2.87 bits per heavy atom. The molecule has 2 rings (SSSR count). The van der Waals surface area contributed by atoms with Gasteiger partial charge in [-0.1, -0.05) is 0 Å². The Morgan fingerprint density at radius 1 is 1.47 bits per heavy atom. The van der Waals surface area contributed by atoms with Crippen LogP contribution in [0.15, 0.2) is 22.8 Å². The molecule has 2 heterocycles. The molecule has 4 heteroatoms. The topological polar surface area (TPSA) is 16.1 Å². The molecule has 0 atom stereocenters. The van der Waals surface area contributed by atoms with Crippen molar-refractivity contribution in [2.75, 3.05) is 13.1 Å². The maximum absolute atomic E-state index is 12.9. The summed E-state index contributed by atoms with van der Waals surface area (Å²) in [7, 11) is 0. The van der Waals surface area contributed by atoms with Crippen molar-refractivity contribution in [2.45, 2.75) is 25.6 Å². The van der Waals surface area contributed by atoms with Crippen molar-refractivity contribution in [2.24, 2.45) is 0 Å². The molecule has 1 fully saturated rings. The fourth-order valence-electron chi connectivity index (χ4n) is 1.81. The predicted molar refractivity (Wildman–Crippen MR) is 61.3 cm³/mol. The summed E-state index contributed by atoms with van der Waals surface area (Å²) in [6, 6.07) is 3.89. The van der Waals surface area contributed by atoms with Crippen LogP contribution in [0.1, 0.15) is 18.5 Å². The summed E-state index contributed by atoms with van der Waals surface area (Å²) >= 11 is 3.47. The van der Waals surface area contributed by atoms with Crippen molar-refractivity contribution < 1.29 is 4.39 Å². The number of alkyl halides is 1. The van der Waals surface area contributed by atoms with E-state index < -0.39 is 6.17 Å². The van der Waals surface area contributed by atoms with Crippen LogP contribution in [-0.4, -0.2) is 29.1 Å². The lowest BCUT2D eigenvalue weighted by Crippen LogP contribution is -2.34. The van der Waals surface area contributed by atoms with Gasteiger partial charge in [-0.25, -0.2) is 4.39 Å². The van der Waals surface area contributed by atoms with E-state index in [1.165, 1.54) is 0 Å². The fourth-order valence-corrected chi connectivity index (χ4v) is 2.19. The van der Waals surface area contributed by atoms with Gasteiger partial charge >= 0.3 is 0 Å². The molecule has 1 aliphatic rings. The smallest absolute Gasteiger partial charge is 0.103 e. The zero-order valence-corrected chi connectivity index (χ0v) is 10.1. The largest absolute Gasteiger partial charge is 0.297 e. The van der Waals surface area contributed by atoms with Crippen LogP contribution in [0.3, 0.4) is 0 Å². The average molecular weight is 273 g/mol. The van der Waals surface area contributed by atoms with E-state index >= 15 is 0 Å². The average Bonchev–Trinajstić information content (AvgIpc) is 2.25. The summed E-state index contributed by atoms with van der Waals surface area (Å²) in [4.78, 5) is 6.56. The van der Waals surface area contributed by atoms with Gasteiger partial charge in [-0.05, 0) is 40.9 Å². The number of aromatic nitrogens is 1. The molecule has 1 aliphatic heterocycles. The lowest BCUT2D eigenvalue weighted by Gasteiger charge is -2.28. The van der Waals surface area contributed by atoms with E-state index in [-0.39, 0.29) is 0 Å². The Balaban J connectivity index is 1.95. The summed E-state index contributed by atoms with van der Waals surface area (Å²) in [5.74, 6) is 0. The number of likely N-dealkylation sites (tertiary alicyclic amines) is 1. The number of rotatable bonds is 2. The second kappa shape index (κ2) is 5.03. The predicted octanol–water partition coefficient (Wildman–Crippen LogP) is 2.78. The maximum Gasteiger partial charge on any atom is 0.103 e. The van der Waals surface area contributed by atoms with Crippen molar-refractivity contribution in [3.05, 3.63) is 28.5 Å². The zero-order valence-electron chi connectivity index (χ0n) is 8.50. The summed E-state index contributed by atoms with van der Waals surface area (Å²) in [6.07, 6.45) is 2.50. The molecule has 2 nitrogen and oxygen atoms in total. The van der Waals surface area contributed by atoms with E-state index in [0.717, 1.165) is 29.8 Å². The highest BCUT2D eigenvalue weighted by molar-refractivity contribution is 9.10. The van der Waals surface area contributed by atoms with Gasteiger partial charge in [0.25, 0.3) is 0 Å². The lowest BCUT2D eigenvalue weighted by atomic mass is 10.1. The first kappa shape index (κ1) is 11.0. The first-order chi connectivity index (χ1) is 7.25. The number of nitrogens with zero attached hydrogens (tertiary/aromatic N) is 2. The van der Waals surface area contributed by atoms with Gasteiger partial charge in [-0.2, -0.15) is 0 Å². The number of hydrogen-bond donors (Lipinski definition) is 0. The second-order valence-electron chi connectivity index (χ2n) is 3.88. The zero-order chi connectivity index (χ0) is 10.7. The van der Waals surface area contributed by atoms with E-state index in [4.69, 9.17) is 0 Å². The quantitative estimate of drug-likeness (QED) is 0.823. The maximum atomic E-state index is 12.9. The van der Waals surface area contributed by atoms with Crippen molar-refractivity contribution in [3.63, 3.8) is 0 Å². The summed E-state index contributed by atoms with van der Waals surface area (Å²) in [6.45, 7) is 2.49. The molecule has 1 aromatic rings. The number of piperidine rings is 1. The van der Waals surface area contributed by atoms with Gasteiger partial charge in [0, 0.05) is 30.3 Å². The molecular weight excluding hydrogens is 259 g/mol. The first-order valence-electron chi connectivity index (χ1n) is 5.21. The van der Waals surface area contributed by atoms with E-state index in [1.54, 1.807) is 6.20 Å². The molecule has 0 aliphatic carbocycles. The van der Waals surface area contributed by atoms with Crippen LogP contribution in [0.4, 0.5) is 4.39 Å². The monoisotopic (exact) mass is 272 g/mol.